The average Bonchev–Trinajstić information content (AvgIpc) is 2.67. The number of rotatable bonds is 1. The first-order chi connectivity index (χ1) is 12.6. The molecule has 0 spiro atoms. The van der Waals surface area contributed by atoms with Gasteiger partial charge in [-0.25, -0.2) is 0 Å². The summed E-state index contributed by atoms with van der Waals surface area (Å²) < 4.78 is 28.0. The van der Waals surface area contributed by atoms with Crippen molar-refractivity contribution >= 4 is 50.7 Å². The van der Waals surface area contributed by atoms with Crippen molar-refractivity contribution in [1.82, 2.24) is 4.98 Å². The first-order valence-corrected chi connectivity index (χ1v) is 12.0. The zero-order chi connectivity index (χ0) is 18.0. The molecule has 2 aromatic carbocycles. The van der Waals surface area contributed by atoms with Crippen molar-refractivity contribution in [1.29, 1.82) is 0 Å². The summed E-state index contributed by atoms with van der Waals surface area (Å²) in [6.45, 7) is 4.28. The van der Waals surface area contributed by atoms with E-state index in [4.69, 9.17) is 0 Å². The van der Waals surface area contributed by atoms with Gasteiger partial charge in [-0.2, -0.15) is 0 Å². The first kappa shape index (κ1) is 16.1. The minimum absolute atomic E-state index is 0.360. The maximum atomic E-state index is 13.2. The molecule has 0 amide bonds. The van der Waals surface area contributed by atoms with Crippen LogP contribution < -0.4 is 13.8 Å². The second-order valence-electron chi connectivity index (χ2n) is 6.68. The van der Waals surface area contributed by atoms with Gasteiger partial charge in [0.15, 0.2) is 0 Å². The van der Waals surface area contributed by atoms with E-state index in [2.05, 4.69) is 29.8 Å². The van der Waals surface area contributed by atoms with E-state index in [0.29, 0.717) is 16.6 Å². The summed E-state index contributed by atoms with van der Waals surface area (Å²) in [5, 5.41) is 0. The summed E-state index contributed by atoms with van der Waals surface area (Å²) in [6.07, 6.45) is 1.73. The molecule has 5 rings (SSSR count). The standard InChI is InChI=1S/C20H16N2O2SSe/c1-12(2)13-8-9-15-14(11-13)22-19-16(25(15)23)5-3-6-17(19)26(24)18-7-4-10-21-20(18)22/h3-12H,1-2H3. The van der Waals surface area contributed by atoms with Gasteiger partial charge in [-0.05, 0) is 0 Å². The minimum atomic E-state index is -2.44. The number of anilines is 3. The van der Waals surface area contributed by atoms with E-state index < -0.39 is 24.6 Å². The fourth-order valence-electron chi connectivity index (χ4n) is 3.52. The van der Waals surface area contributed by atoms with Crippen LogP contribution in [0.5, 0.6) is 0 Å². The van der Waals surface area contributed by atoms with Crippen molar-refractivity contribution < 1.29 is 8.04 Å². The molecule has 6 heteroatoms. The van der Waals surface area contributed by atoms with Crippen molar-refractivity contribution in [2.45, 2.75) is 29.6 Å². The quantitative estimate of drug-likeness (QED) is 0.386. The Labute approximate surface area is 158 Å². The number of pyridine rings is 1. The molecule has 0 radical (unpaired) electrons. The molecule has 0 aliphatic carbocycles. The van der Waals surface area contributed by atoms with Crippen molar-refractivity contribution in [2.24, 2.45) is 0 Å². The molecular weight excluding hydrogens is 411 g/mol. The first-order valence-electron chi connectivity index (χ1n) is 8.43. The van der Waals surface area contributed by atoms with Gasteiger partial charge in [-0.3, -0.25) is 0 Å². The van der Waals surface area contributed by atoms with E-state index >= 15 is 0 Å². The molecular formula is C20H16N2O2SSe. The molecule has 3 aromatic rings. The van der Waals surface area contributed by atoms with Crippen LogP contribution in [0.3, 0.4) is 0 Å². The molecule has 3 heterocycles. The second kappa shape index (κ2) is 5.68. The van der Waals surface area contributed by atoms with Gasteiger partial charge in [0.1, 0.15) is 0 Å². The summed E-state index contributed by atoms with van der Waals surface area (Å²) in [4.78, 5) is 8.10. The van der Waals surface area contributed by atoms with Crippen LogP contribution in [-0.4, -0.2) is 23.0 Å². The van der Waals surface area contributed by atoms with Gasteiger partial charge < -0.3 is 0 Å². The van der Waals surface area contributed by atoms with Crippen LogP contribution in [-0.2, 0) is 14.6 Å². The third kappa shape index (κ3) is 2.07. The number of para-hydroxylation sites is 1. The maximum absolute atomic E-state index is 13.2. The summed E-state index contributed by atoms with van der Waals surface area (Å²) in [5.74, 6) is 1.06. The fourth-order valence-corrected chi connectivity index (χ4v) is 7.80. The number of benzene rings is 2. The summed E-state index contributed by atoms with van der Waals surface area (Å²) in [6, 6.07) is 15.4. The molecule has 0 N–H and O–H groups in total. The molecule has 2 atom stereocenters. The Morgan fingerprint density at radius 2 is 1.85 bits per heavy atom. The molecule has 2 unspecified atom stereocenters. The van der Waals surface area contributed by atoms with E-state index in [1.165, 1.54) is 5.56 Å². The molecule has 130 valence electrons. The van der Waals surface area contributed by atoms with Crippen LogP contribution in [0.4, 0.5) is 17.2 Å². The SMILES string of the molecule is CC(C)c1ccc2c(c1)N1c3ncccc3[Se](=O)c3cccc(c31)S2=O. The Bertz CT molecular complexity index is 1110. The molecule has 2 aliphatic rings. The summed E-state index contributed by atoms with van der Waals surface area (Å²) >= 11 is -2.44. The van der Waals surface area contributed by atoms with Crippen LogP contribution in [0.1, 0.15) is 25.3 Å². The monoisotopic (exact) mass is 428 g/mol. The molecule has 0 bridgehead atoms. The normalized spacial score (nSPS) is 19.7. The molecule has 4 nitrogen and oxygen atoms in total. The molecule has 0 fully saturated rings. The Balaban J connectivity index is 1.90. The zero-order valence-electron chi connectivity index (χ0n) is 14.3. The van der Waals surface area contributed by atoms with E-state index in [1.807, 2.05) is 42.5 Å². The zero-order valence-corrected chi connectivity index (χ0v) is 16.8. The van der Waals surface area contributed by atoms with Gasteiger partial charge in [0, 0.05) is 0 Å². The summed E-state index contributed by atoms with van der Waals surface area (Å²) in [5.41, 5.74) is 2.86. The van der Waals surface area contributed by atoms with Crippen molar-refractivity contribution in [2.75, 3.05) is 4.90 Å². The Morgan fingerprint density at radius 3 is 2.65 bits per heavy atom. The van der Waals surface area contributed by atoms with Crippen molar-refractivity contribution in [3.05, 3.63) is 60.3 Å². The number of hydrogen-bond donors (Lipinski definition) is 0. The van der Waals surface area contributed by atoms with Gasteiger partial charge >= 0.3 is 159 Å². The van der Waals surface area contributed by atoms with Crippen LogP contribution in [0, 0.1) is 0 Å². The van der Waals surface area contributed by atoms with Crippen LogP contribution in [0.25, 0.3) is 0 Å². The predicted octanol–water partition coefficient (Wildman–Crippen LogP) is 3.00. The number of aromatic nitrogens is 1. The molecule has 1 aromatic heterocycles. The van der Waals surface area contributed by atoms with E-state index in [-0.39, 0.29) is 0 Å². The third-order valence-corrected chi connectivity index (χ3v) is 9.35. The second-order valence-corrected chi connectivity index (χ2v) is 11.1. The fraction of sp³-hybridized carbons (Fsp3) is 0.150. The van der Waals surface area contributed by atoms with E-state index in [9.17, 15) is 8.04 Å². The predicted molar refractivity (Wildman–Crippen MR) is 103 cm³/mol. The van der Waals surface area contributed by atoms with Gasteiger partial charge in [-0.1, -0.05) is 0 Å². The van der Waals surface area contributed by atoms with E-state index in [1.54, 1.807) is 6.20 Å². The van der Waals surface area contributed by atoms with Gasteiger partial charge in [0.2, 0.25) is 0 Å². The van der Waals surface area contributed by atoms with Crippen molar-refractivity contribution in [3.63, 3.8) is 0 Å². The molecule has 0 saturated heterocycles. The van der Waals surface area contributed by atoms with E-state index in [0.717, 1.165) is 25.2 Å². The Morgan fingerprint density at radius 1 is 1.04 bits per heavy atom. The number of fused-ring (bicyclic) bond motifs is 4. The Kier molecular flexibility index (Phi) is 3.51. The van der Waals surface area contributed by atoms with Crippen molar-refractivity contribution in [3.8, 4) is 0 Å². The van der Waals surface area contributed by atoms with Crippen LogP contribution in [0.2, 0.25) is 0 Å². The Hall–Kier alpha value is -2.14. The van der Waals surface area contributed by atoms with Gasteiger partial charge in [0.25, 0.3) is 0 Å². The number of hydrogen-bond acceptors (Lipinski definition) is 4. The molecule has 26 heavy (non-hydrogen) atoms. The molecule has 2 aliphatic heterocycles. The van der Waals surface area contributed by atoms with Crippen LogP contribution in [0.15, 0.2) is 64.5 Å². The molecule has 0 saturated carbocycles. The third-order valence-electron chi connectivity index (χ3n) is 4.84. The van der Waals surface area contributed by atoms with Gasteiger partial charge in [-0.15, -0.1) is 0 Å². The number of nitrogens with zero attached hydrogens (tertiary/aromatic N) is 2. The topological polar surface area (TPSA) is 50.3 Å². The summed E-state index contributed by atoms with van der Waals surface area (Å²) in [7, 11) is -1.29. The average molecular weight is 427 g/mol. The van der Waals surface area contributed by atoms with Crippen LogP contribution >= 0.6 is 0 Å². The van der Waals surface area contributed by atoms with Gasteiger partial charge in [0.05, 0.1) is 0 Å².